The zero-order valence-corrected chi connectivity index (χ0v) is 16.1. The number of carbonyl (C=O) groups is 4. The molecule has 1 aromatic rings. The Morgan fingerprint density at radius 2 is 1.59 bits per heavy atom. The Labute approximate surface area is 168 Å². The minimum atomic E-state index is -0.920. The van der Waals surface area contributed by atoms with E-state index in [-0.39, 0.29) is 18.7 Å². The van der Waals surface area contributed by atoms with Gasteiger partial charge in [0.15, 0.2) is 0 Å². The predicted molar refractivity (Wildman–Crippen MR) is 104 cm³/mol. The smallest absolute Gasteiger partial charge is 0.262 e. The van der Waals surface area contributed by atoms with Crippen LogP contribution in [0.2, 0.25) is 0 Å². The highest BCUT2D eigenvalue weighted by Crippen LogP contribution is 2.36. The fraction of sp³-hybridized carbons (Fsp3) is 0.524. The molecule has 2 N–H and O–H groups in total. The third-order valence-corrected chi connectivity index (χ3v) is 6.75. The summed E-state index contributed by atoms with van der Waals surface area (Å²) in [5, 5.41) is 5.62. The van der Waals surface area contributed by atoms with Crippen LogP contribution in [-0.2, 0) is 9.59 Å². The molecular formula is C21H24N4O4. The highest BCUT2D eigenvalue weighted by atomic mass is 16.2. The van der Waals surface area contributed by atoms with Crippen molar-refractivity contribution in [3.05, 3.63) is 29.3 Å². The number of rotatable bonds is 3. The average Bonchev–Trinajstić information content (AvgIpc) is 2.92. The number of nitrogens with zero attached hydrogens (tertiary/aromatic N) is 2. The van der Waals surface area contributed by atoms with Crippen molar-refractivity contribution in [2.75, 3.05) is 31.1 Å². The van der Waals surface area contributed by atoms with Gasteiger partial charge in [-0.15, -0.1) is 0 Å². The summed E-state index contributed by atoms with van der Waals surface area (Å²) in [6.07, 6.45) is 2.74. The normalized spacial score (nSPS) is 25.9. The van der Waals surface area contributed by atoms with Crippen LogP contribution in [-0.4, -0.2) is 60.7 Å². The predicted octanol–water partition coefficient (Wildman–Crippen LogP) is 0.524. The highest BCUT2D eigenvalue weighted by Gasteiger charge is 2.45. The largest absolute Gasteiger partial charge is 0.371 e. The first-order valence-electron chi connectivity index (χ1n) is 10.3. The van der Waals surface area contributed by atoms with E-state index in [0.717, 1.165) is 42.7 Å². The van der Waals surface area contributed by atoms with E-state index in [1.807, 2.05) is 6.07 Å². The Bertz CT molecular complexity index is 902. The van der Waals surface area contributed by atoms with Gasteiger partial charge in [-0.1, -0.05) is 0 Å². The van der Waals surface area contributed by atoms with E-state index in [1.54, 1.807) is 12.1 Å². The maximum Gasteiger partial charge on any atom is 0.262 e. The number of nitrogens with one attached hydrogen (secondary N) is 2. The zero-order valence-electron chi connectivity index (χ0n) is 16.1. The first-order chi connectivity index (χ1) is 14.0. The summed E-state index contributed by atoms with van der Waals surface area (Å²) in [6, 6.07) is 4.43. The topological polar surface area (TPSA) is 98.8 Å². The van der Waals surface area contributed by atoms with Crippen molar-refractivity contribution >= 4 is 29.3 Å². The fourth-order valence-corrected chi connectivity index (χ4v) is 4.99. The van der Waals surface area contributed by atoms with Gasteiger partial charge in [-0.25, -0.2) is 0 Å². The Kier molecular flexibility index (Phi) is 4.38. The van der Waals surface area contributed by atoms with Crippen molar-refractivity contribution in [2.24, 2.45) is 11.8 Å². The van der Waals surface area contributed by atoms with Gasteiger partial charge in [-0.05, 0) is 62.4 Å². The quantitative estimate of drug-likeness (QED) is 0.723. The molecular weight excluding hydrogens is 372 g/mol. The number of amides is 4. The van der Waals surface area contributed by atoms with Gasteiger partial charge in [0.05, 0.1) is 11.1 Å². The lowest BCUT2D eigenvalue weighted by molar-refractivity contribution is -0.136. The van der Waals surface area contributed by atoms with Crippen LogP contribution in [0.1, 0.15) is 46.4 Å². The SMILES string of the molecule is O=C1CCC(N2C(=O)c3ccc(N4CC(C5CCNCC5)C4)cc3C2=O)C(=O)N1. The number of piperidine rings is 2. The molecule has 0 bridgehead atoms. The Morgan fingerprint density at radius 1 is 0.862 bits per heavy atom. The summed E-state index contributed by atoms with van der Waals surface area (Å²) in [5.74, 6) is -0.412. The fourth-order valence-electron chi connectivity index (χ4n) is 4.99. The molecule has 4 heterocycles. The Morgan fingerprint density at radius 3 is 2.31 bits per heavy atom. The minimum Gasteiger partial charge on any atom is -0.371 e. The maximum absolute atomic E-state index is 12.9. The van der Waals surface area contributed by atoms with Crippen LogP contribution >= 0.6 is 0 Å². The summed E-state index contributed by atoms with van der Waals surface area (Å²) in [6.45, 7) is 4.13. The van der Waals surface area contributed by atoms with Gasteiger partial charge in [0.25, 0.3) is 11.8 Å². The van der Waals surface area contributed by atoms with Crippen molar-refractivity contribution in [1.82, 2.24) is 15.5 Å². The molecule has 152 valence electrons. The first-order valence-corrected chi connectivity index (χ1v) is 10.3. The average molecular weight is 396 g/mol. The second-order valence-corrected chi connectivity index (χ2v) is 8.43. The standard InChI is InChI=1S/C21H24N4O4/c26-18-4-3-17(19(27)23-18)25-20(28)15-2-1-14(9-16(15)21(25)29)24-10-13(11-24)12-5-7-22-8-6-12/h1-2,9,12-13,17,22H,3-8,10-11H2,(H,23,26,27). The number of fused-ring (bicyclic) bond motifs is 1. The lowest BCUT2D eigenvalue weighted by Crippen LogP contribution is -2.54. The summed E-state index contributed by atoms with van der Waals surface area (Å²) < 4.78 is 0. The minimum absolute atomic E-state index is 0.126. The molecule has 0 saturated carbocycles. The molecule has 4 amide bonds. The van der Waals surface area contributed by atoms with Crippen LogP contribution in [0, 0.1) is 11.8 Å². The van der Waals surface area contributed by atoms with Gasteiger partial charge in [0, 0.05) is 25.2 Å². The van der Waals surface area contributed by atoms with E-state index in [0.29, 0.717) is 17.0 Å². The second-order valence-electron chi connectivity index (χ2n) is 8.43. The Balaban J connectivity index is 1.31. The van der Waals surface area contributed by atoms with Crippen LogP contribution in [0.5, 0.6) is 0 Å². The molecule has 3 saturated heterocycles. The van der Waals surface area contributed by atoms with Crippen LogP contribution in [0.3, 0.4) is 0 Å². The molecule has 0 aromatic heterocycles. The molecule has 8 nitrogen and oxygen atoms in total. The van der Waals surface area contributed by atoms with Gasteiger partial charge in [0.1, 0.15) is 6.04 Å². The molecule has 1 aromatic carbocycles. The van der Waals surface area contributed by atoms with E-state index in [9.17, 15) is 19.2 Å². The summed E-state index contributed by atoms with van der Waals surface area (Å²) in [5.41, 5.74) is 1.63. The molecule has 0 radical (unpaired) electrons. The van der Waals surface area contributed by atoms with Crippen molar-refractivity contribution in [3.8, 4) is 0 Å². The van der Waals surface area contributed by atoms with Gasteiger partial charge < -0.3 is 10.2 Å². The number of carbonyl (C=O) groups excluding carboxylic acids is 4. The highest BCUT2D eigenvalue weighted by molar-refractivity contribution is 6.23. The number of anilines is 1. The van der Waals surface area contributed by atoms with Gasteiger partial charge in [0.2, 0.25) is 11.8 Å². The van der Waals surface area contributed by atoms with E-state index in [4.69, 9.17) is 0 Å². The van der Waals surface area contributed by atoms with E-state index in [2.05, 4.69) is 15.5 Å². The van der Waals surface area contributed by atoms with E-state index >= 15 is 0 Å². The van der Waals surface area contributed by atoms with Crippen LogP contribution in [0.4, 0.5) is 5.69 Å². The molecule has 1 unspecified atom stereocenters. The first kappa shape index (κ1) is 18.3. The summed E-state index contributed by atoms with van der Waals surface area (Å²) in [7, 11) is 0. The molecule has 3 fully saturated rings. The van der Waals surface area contributed by atoms with Crippen LogP contribution < -0.4 is 15.5 Å². The van der Waals surface area contributed by atoms with Crippen molar-refractivity contribution in [1.29, 1.82) is 0 Å². The molecule has 5 rings (SSSR count). The van der Waals surface area contributed by atoms with Crippen LogP contribution in [0.15, 0.2) is 18.2 Å². The third kappa shape index (κ3) is 3.02. The van der Waals surface area contributed by atoms with Crippen molar-refractivity contribution in [2.45, 2.75) is 31.7 Å². The molecule has 1 atom stereocenters. The number of benzene rings is 1. The molecule has 8 heteroatoms. The molecule has 0 aliphatic carbocycles. The molecule has 4 aliphatic heterocycles. The molecule has 0 spiro atoms. The number of hydrogen-bond acceptors (Lipinski definition) is 6. The van der Waals surface area contributed by atoms with Crippen LogP contribution in [0.25, 0.3) is 0 Å². The van der Waals surface area contributed by atoms with E-state index < -0.39 is 23.8 Å². The molecule has 4 aliphatic rings. The maximum atomic E-state index is 12.9. The lowest BCUT2D eigenvalue weighted by atomic mass is 9.80. The Hall–Kier alpha value is -2.74. The molecule has 29 heavy (non-hydrogen) atoms. The van der Waals surface area contributed by atoms with Gasteiger partial charge in [-0.2, -0.15) is 0 Å². The van der Waals surface area contributed by atoms with Gasteiger partial charge in [-0.3, -0.25) is 29.4 Å². The zero-order chi connectivity index (χ0) is 20.1. The monoisotopic (exact) mass is 396 g/mol. The van der Waals surface area contributed by atoms with Gasteiger partial charge >= 0.3 is 0 Å². The lowest BCUT2D eigenvalue weighted by Gasteiger charge is -2.46. The number of imide groups is 2. The van der Waals surface area contributed by atoms with Crippen molar-refractivity contribution in [3.63, 3.8) is 0 Å². The summed E-state index contributed by atoms with van der Waals surface area (Å²) >= 11 is 0. The second kappa shape index (κ2) is 6.95. The summed E-state index contributed by atoms with van der Waals surface area (Å²) in [4.78, 5) is 52.5. The third-order valence-electron chi connectivity index (χ3n) is 6.75. The number of hydrogen-bond donors (Lipinski definition) is 2. The van der Waals surface area contributed by atoms with E-state index in [1.165, 1.54) is 12.8 Å². The van der Waals surface area contributed by atoms with Crippen molar-refractivity contribution < 1.29 is 19.2 Å².